The maximum atomic E-state index is 12.1. The van der Waals surface area contributed by atoms with E-state index in [0.29, 0.717) is 6.61 Å². The second-order valence-corrected chi connectivity index (χ2v) is 6.02. The van der Waals surface area contributed by atoms with Crippen LogP contribution < -0.4 is 9.54 Å². The minimum absolute atomic E-state index is 0.158. The second-order valence-electron chi connectivity index (χ2n) is 5.01. The summed E-state index contributed by atoms with van der Waals surface area (Å²) in [7, 11) is 0. The number of para-hydroxylation sites is 2. The van der Waals surface area contributed by atoms with Crippen molar-refractivity contribution in [3.63, 3.8) is 0 Å². The third kappa shape index (κ3) is 3.68. The number of rotatable bonds is 5. The Hall–Kier alpha value is -2.40. The molecule has 0 spiro atoms. The number of fused-ring (bicyclic) bond motifs is 1. The smallest absolute Gasteiger partial charge is 0.251 e. The van der Waals surface area contributed by atoms with Crippen LogP contribution in [0.4, 0.5) is 0 Å². The number of amides is 1. The SMILES string of the molecule is CCn1c(=NC(=O)CCOc2ccccc2)sc2ccccc21. The van der Waals surface area contributed by atoms with Crippen molar-refractivity contribution in [3.8, 4) is 5.75 Å². The predicted octanol–water partition coefficient (Wildman–Crippen LogP) is 3.62. The molecule has 0 N–H and O–H groups in total. The second kappa shape index (κ2) is 7.24. The Labute approximate surface area is 138 Å². The maximum Gasteiger partial charge on any atom is 0.251 e. The molecule has 0 fully saturated rings. The van der Waals surface area contributed by atoms with Gasteiger partial charge in [-0.3, -0.25) is 4.79 Å². The highest BCUT2D eigenvalue weighted by Gasteiger charge is 2.06. The fourth-order valence-electron chi connectivity index (χ4n) is 2.35. The van der Waals surface area contributed by atoms with Gasteiger partial charge in [0.1, 0.15) is 5.75 Å². The van der Waals surface area contributed by atoms with E-state index in [2.05, 4.69) is 22.5 Å². The van der Waals surface area contributed by atoms with Gasteiger partial charge in [-0.25, -0.2) is 0 Å². The lowest BCUT2D eigenvalue weighted by Gasteiger charge is -2.03. The summed E-state index contributed by atoms with van der Waals surface area (Å²) in [4.78, 5) is 17.1. The molecular weight excluding hydrogens is 308 g/mol. The zero-order valence-electron chi connectivity index (χ0n) is 12.9. The molecule has 0 bridgehead atoms. The topological polar surface area (TPSA) is 43.6 Å². The Balaban J connectivity index is 1.72. The highest BCUT2D eigenvalue weighted by molar-refractivity contribution is 7.16. The van der Waals surface area contributed by atoms with E-state index in [1.165, 1.54) is 0 Å². The van der Waals surface area contributed by atoms with Crippen LogP contribution in [0.15, 0.2) is 59.6 Å². The van der Waals surface area contributed by atoms with Gasteiger partial charge in [0.15, 0.2) is 4.80 Å². The highest BCUT2D eigenvalue weighted by atomic mass is 32.1. The van der Waals surface area contributed by atoms with E-state index >= 15 is 0 Å². The monoisotopic (exact) mass is 326 g/mol. The van der Waals surface area contributed by atoms with Gasteiger partial charge in [0.25, 0.3) is 5.91 Å². The molecule has 1 amide bonds. The number of benzene rings is 2. The molecule has 1 heterocycles. The van der Waals surface area contributed by atoms with Gasteiger partial charge < -0.3 is 9.30 Å². The summed E-state index contributed by atoms with van der Waals surface area (Å²) in [5.41, 5.74) is 1.12. The van der Waals surface area contributed by atoms with Gasteiger partial charge >= 0.3 is 0 Å². The summed E-state index contributed by atoms with van der Waals surface area (Å²) >= 11 is 1.54. The summed E-state index contributed by atoms with van der Waals surface area (Å²) in [5.74, 6) is 0.612. The standard InChI is InChI=1S/C18H18N2O2S/c1-2-20-15-10-6-7-11-16(15)23-18(20)19-17(21)12-13-22-14-8-4-3-5-9-14/h3-11H,2,12-13H2,1H3. The molecule has 0 atom stereocenters. The lowest BCUT2D eigenvalue weighted by Crippen LogP contribution is -2.16. The number of carbonyl (C=O) groups is 1. The number of hydrogen-bond donors (Lipinski definition) is 0. The molecule has 118 valence electrons. The van der Waals surface area contributed by atoms with Gasteiger partial charge in [-0.15, -0.1) is 0 Å². The van der Waals surface area contributed by atoms with E-state index in [4.69, 9.17) is 4.74 Å². The van der Waals surface area contributed by atoms with E-state index in [1.807, 2.05) is 48.5 Å². The van der Waals surface area contributed by atoms with Crippen LogP contribution in [0.25, 0.3) is 10.2 Å². The van der Waals surface area contributed by atoms with Gasteiger partial charge in [-0.05, 0) is 31.2 Å². The zero-order valence-corrected chi connectivity index (χ0v) is 13.8. The molecule has 0 saturated heterocycles. The van der Waals surface area contributed by atoms with Crippen molar-refractivity contribution in [1.29, 1.82) is 0 Å². The average molecular weight is 326 g/mol. The van der Waals surface area contributed by atoms with Crippen LogP contribution in [0.5, 0.6) is 5.75 Å². The summed E-state index contributed by atoms with van der Waals surface area (Å²) in [6.45, 7) is 3.18. The molecule has 0 radical (unpaired) electrons. The Kier molecular flexibility index (Phi) is 4.88. The summed E-state index contributed by atoms with van der Waals surface area (Å²) in [5, 5.41) is 0. The number of aromatic nitrogens is 1. The lowest BCUT2D eigenvalue weighted by molar-refractivity contribution is -0.118. The highest BCUT2D eigenvalue weighted by Crippen LogP contribution is 2.16. The Morgan fingerprint density at radius 3 is 2.65 bits per heavy atom. The molecule has 0 aliphatic rings. The van der Waals surface area contributed by atoms with Crippen LogP contribution in [0.2, 0.25) is 0 Å². The first-order valence-corrected chi connectivity index (χ1v) is 8.43. The van der Waals surface area contributed by atoms with Crippen LogP contribution in [0, 0.1) is 0 Å². The van der Waals surface area contributed by atoms with Gasteiger partial charge in [-0.2, -0.15) is 4.99 Å². The third-order valence-electron chi connectivity index (χ3n) is 3.45. The van der Waals surface area contributed by atoms with Crippen molar-refractivity contribution in [2.45, 2.75) is 19.9 Å². The van der Waals surface area contributed by atoms with Gasteiger partial charge in [0.05, 0.1) is 23.2 Å². The van der Waals surface area contributed by atoms with Crippen molar-refractivity contribution >= 4 is 27.5 Å². The minimum atomic E-state index is -0.158. The van der Waals surface area contributed by atoms with Gasteiger partial charge in [-0.1, -0.05) is 41.7 Å². The molecule has 2 aromatic carbocycles. The van der Waals surface area contributed by atoms with E-state index in [1.54, 1.807) is 11.3 Å². The molecule has 0 aliphatic heterocycles. The van der Waals surface area contributed by atoms with Gasteiger partial charge in [0.2, 0.25) is 0 Å². The molecule has 23 heavy (non-hydrogen) atoms. The van der Waals surface area contributed by atoms with Crippen molar-refractivity contribution < 1.29 is 9.53 Å². The summed E-state index contributed by atoms with van der Waals surface area (Å²) in [6.07, 6.45) is 0.271. The van der Waals surface area contributed by atoms with Crippen LogP contribution in [-0.2, 0) is 11.3 Å². The third-order valence-corrected chi connectivity index (χ3v) is 4.51. The molecule has 1 aromatic heterocycles. The molecule has 4 nitrogen and oxygen atoms in total. The number of hydrogen-bond acceptors (Lipinski definition) is 3. The number of ether oxygens (including phenoxy) is 1. The lowest BCUT2D eigenvalue weighted by atomic mass is 10.3. The first-order valence-electron chi connectivity index (χ1n) is 7.61. The fraction of sp³-hybridized carbons (Fsp3) is 0.222. The quantitative estimate of drug-likeness (QED) is 0.719. The fourth-order valence-corrected chi connectivity index (χ4v) is 3.46. The van der Waals surface area contributed by atoms with Gasteiger partial charge in [0, 0.05) is 6.54 Å². The summed E-state index contributed by atoms with van der Waals surface area (Å²) in [6, 6.07) is 17.6. The molecule has 3 rings (SSSR count). The summed E-state index contributed by atoms with van der Waals surface area (Å²) < 4.78 is 8.75. The van der Waals surface area contributed by atoms with E-state index < -0.39 is 0 Å². The number of carbonyl (C=O) groups excluding carboxylic acids is 1. The number of thiazole rings is 1. The van der Waals surface area contributed by atoms with Crippen molar-refractivity contribution in [2.75, 3.05) is 6.61 Å². The molecule has 3 aromatic rings. The molecule has 0 aliphatic carbocycles. The normalized spacial score (nSPS) is 11.8. The van der Waals surface area contributed by atoms with Crippen LogP contribution in [0.3, 0.4) is 0 Å². The Bertz CT molecular complexity index is 865. The Morgan fingerprint density at radius 2 is 1.87 bits per heavy atom. The zero-order chi connectivity index (χ0) is 16.1. The largest absolute Gasteiger partial charge is 0.493 e. The first kappa shape index (κ1) is 15.5. The first-order chi connectivity index (χ1) is 11.3. The molecule has 5 heteroatoms. The van der Waals surface area contributed by atoms with Crippen molar-refractivity contribution in [3.05, 3.63) is 59.4 Å². The maximum absolute atomic E-state index is 12.1. The van der Waals surface area contributed by atoms with E-state index in [9.17, 15) is 4.79 Å². The van der Waals surface area contributed by atoms with Crippen LogP contribution >= 0.6 is 11.3 Å². The molecule has 0 saturated carbocycles. The minimum Gasteiger partial charge on any atom is -0.493 e. The predicted molar refractivity (Wildman–Crippen MR) is 92.6 cm³/mol. The molecular formula is C18H18N2O2S. The van der Waals surface area contributed by atoms with Crippen molar-refractivity contribution in [1.82, 2.24) is 4.57 Å². The van der Waals surface area contributed by atoms with Crippen LogP contribution in [0.1, 0.15) is 13.3 Å². The Morgan fingerprint density at radius 1 is 1.13 bits per heavy atom. The van der Waals surface area contributed by atoms with E-state index in [-0.39, 0.29) is 12.3 Å². The van der Waals surface area contributed by atoms with Crippen LogP contribution in [-0.4, -0.2) is 17.1 Å². The number of nitrogens with zero attached hydrogens (tertiary/aromatic N) is 2. The number of aryl methyl sites for hydroxylation is 1. The molecule has 0 unspecified atom stereocenters. The van der Waals surface area contributed by atoms with E-state index in [0.717, 1.165) is 27.3 Å². The average Bonchev–Trinajstić information content (AvgIpc) is 2.92. The van der Waals surface area contributed by atoms with Crippen molar-refractivity contribution in [2.24, 2.45) is 4.99 Å².